The lowest BCUT2D eigenvalue weighted by molar-refractivity contribution is 0.0936. The van der Waals surface area contributed by atoms with Crippen molar-refractivity contribution in [1.82, 2.24) is 25.2 Å². The smallest absolute Gasteiger partial charge is 0.254 e. The minimum Gasteiger partial charge on any atom is -0.391 e. The van der Waals surface area contributed by atoms with Crippen molar-refractivity contribution >= 4 is 5.91 Å². The summed E-state index contributed by atoms with van der Waals surface area (Å²) in [5.41, 5.74) is 3.72. The van der Waals surface area contributed by atoms with E-state index in [1.807, 2.05) is 19.1 Å². The Morgan fingerprint density at radius 3 is 3.07 bits per heavy atom. The largest absolute Gasteiger partial charge is 0.391 e. The van der Waals surface area contributed by atoms with Crippen LogP contribution in [-0.2, 0) is 19.4 Å². The van der Waals surface area contributed by atoms with Crippen LogP contribution in [0.5, 0.6) is 0 Å². The summed E-state index contributed by atoms with van der Waals surface area (Å²) in [6.07, 6.45) is 5.10. The summed E-state index contributed by atoms with van der Waals surface area (Å²) in [4.78, 5) is 17.0. The summed E-state index contributed by atoms with van der Waals surface area (Å²) in [5.74, 6) is 1.05. The maximum absolute atomic E-state index is 12.6. The molecule has 1 unspecified atom stereocenters. The van der Waals surface area contributed by atoms with E-state index in [0.29, 0.717) is 30.2 Å². The van der Waals surface area contributed by atoms with Gasteiger partial charge in [0, 0.05) is 18.2 Å². The van der Waals surface area contributed by atoms with E-state index < -0.39 is 6.10 Å². The van der Waals surface area contributed by atoms with Crippen LogP contribution in [-0.4, -0.2) is 37.0 Å². The van der Waals surface area contributed by atoms with Crippen molar-refractivity contribution in [2.45, 2.75) is 51.8 Å². The quantitative estimate of drug-likeness (QED) is 0.679. The first-order chi connectivity index (χ1) is 13.5. The molecule has 2 heterocycles. The van der Waals surface area contributed by atoms with Gasteiger partial charge < -0.3 is 14.9 Å². The van der Waals surface area contributed by atoms with Gasteiger partial charge in [-0.05, 0) is 37.0 Å². The van der Waals surface area contributed by atoms with Crippen LogP contribution in [0.3, 0.4) is 0 Å². The molecule has 1 aliphatic carbocycles. The molecule has 0 saturated heterocycles. The van der Waals surface area contributed by atoms with Crippen LogP contribution in [0.4, 0.5) is 0 Å². The number of aromatic nitrogens is 4. The summed E-state index contributed by atoms with van der Waals surface area (Å²) in [6, 6.07) is 6.04. The lowest BCUT2D eigenvalue weighted by Gasteiger charge is -2.13. The van der Waals surface area contributed by atoms with Crippen molar-refractivity contribution in [3.05, 3.63) is 53.2 Å². The first kappa shape index (κ1) is 18.4. The third-order valence-corrected chi connectivity index (χ3v) is 4.90. The van der Waals surface area contributed by atoms with Crippen molar-refractivity contribution in [2.75, 3.05) is 0 Å². The summed E-state index contributed by atoms with van der Waals surface area (Å²) < 4.78 is 6.77. The highest BCUT2D eigenvalue weighted by atomic mass is 16.5. The second-order valence-corrected chi connectivity index (χ2v) is 7.14. The molecule has 0 saturated carbocycles. The second kappa shape index (κ2) is 7.55. The highest BCUT2D eigenvalue weighted by Crippen LogP contribution is 2.34. The Morgan fingerprint density at radius 2 is 2.32 bits per heavy atom. The van der Waals surface area contributed by atoms with E-state index in [2.05, 4.69) is 26.6 Å². The van der Waals surface area contributed by atoms with Gasteiger partial charge in [-0.1, -0.05) is 24.2 Å². The molecule has 0 radical (unpaired) electrons. The number of carbonyl (C=O) groups is 1. The van der Waals surface area contributed by atoms with E-state index in [0.717, 1.165) is 24.0 Å². The Morgan fingerprint density at radius 1 is 1.46 bits per heavy atom. The van der Waals surface area contributed by atoms with E-state index in [1.165, 1.54) is 11.8 Å². The van der Waals surface area contributed by atoms with Gasteiger partial charge >= 0.3 is 0 Å². The third-order valence-electron chi connectivity index (χ3n) is 4.90. The summed E-state index contributed by atoms with van der Waals surface area (Å²) in [7, 11) is 0. The van der Waals surface area contributed by atoms with Crippen molar-refractivity contribution in [2.24, 2.45) is 0 Å². The number of aryl methyl sites for hydroxylation is 2. The fourth-order valence-corrected chi connectivity index (χ4v) is 3.52. The zero-order chi connectivity index (χ0) is 19.7. The maximum atomic E-state index is 12.6. The zero-order valence-electron chi connectivity index (χ0n) is 15.9. The van der Waals surface area contributed by atoms with E-state index >= 15 is 0 Å². The number of rotatable bonds is 6. The van der Waals surface area contributed by atoms with Crippen molar-refractivity contribution in [3.63, 3.8) is 0 Å². The first-order valence-corrected chi connectivity index (χ1v) is 9.50. The van der Waals surface area contributed by atoms with Gasteiger partial charge in [-0.25, -0.2) is 0 Å². The number of hydrogen-bond acceptors (Lipinski definition) is 6. The zero-order valence-corrected chi connectivity index (χ0v) is 15.9. The number of aliphatic hydroxyl groups is 1. The van der Waals surface area contributed by atoms with Crippen LogP contribution in [0.1, 0.15) is 53.7 Å². The van der Waals surface area contributed by atoms with Gasteiger partial charge in [-0.2, -0.15) is 10.1 Å². The fraction of sp³-hybridized carbons (Fsp3) is 0.400. The van der Waals surface area contributed by atoms with Gasteiger partial charge in [0.25, 0.3) is 5.91 Å². The molecule has 0 fully saturated rings. The molecule has 146 valence electrons. The number of benzene rings is 1. The molecule has 1 aliphatic rings. The topological polar surface area (TPSA) is 106 Å². The van der Waals surface area contributed by atoms with Gasteiger partial charge in [0.15, 0.2) is 0 Å². The molecule has 8 heteroatoms. The molecule has 4 rings (SSSR count). The van der Waals surface area contributed by atoms with Crippen molar-refractivity contribution < 1.29 is 14.4 Å². The van der Waals surface area contributed by atoms with Crippen LogP contribution in [0, 0.1) is 0 Å². The Kier molecular flexibility index (Phi) is 4.95. The van der Waals surface area contributed by atoms with E-state index in [1.54, 1.807) is 17.8 Å². The number of carbonyl (C=O) groups excluding carboxylic acids is 1. The highest BCUT2D eigenvalue weighted by Gasteiger charge is 2.25. The third kappa shape index (κ3) is 3.68. The molecule has 1 amide bonds. The van der Waals surface area contributed by atoms with E-state index in [9.17, 15) is 9.90 Å². The number of aliphatic hydroxyl groups excluding tert-OH is 1. The van der Waals surface area contributed by atoms with Gasteiger partial charge in [0.2, 0.25) is 11.7 Å². The molecule has 0 spiro atoms. The molecule has 3 aromatic rings. The minimum absolute atomic E-state index is 0.0341. The number of nitrogens with one attached hydrogen (secondary N) is 1. The Hall–Kier alpha value is -3.00. The first-order valence-electron chi connectivity index (χ1n) is 9.50. The van der Waals surface area contributed by atoms with Gasteiger partial charge in [-0.15, -0.1) is 0 Å². The summed E-state index contributed by atoms with van der Waals surface area (Å²) in [6.45, 7) is 4.02. The molecule has 28 heavy (non-hydrogen) atoms. The summed E-state index contributed by atoms with van der Waals surface area (Å²) >= 11 is 0. The molecular formula is C20H23N5O3. The lowest BCUT2D eigenvalue weighted by Crippen LogP contribution is -2.26. The predicted molar refractivity (Wildman–Crippen MR) is 102 cm³/mol. The predicted octanol–water partition coefficient (Wildman–Crippen LogP) is 2.29. The molecule has 2 atom stereocenters. The number of amides is 1. The minimum atomic E-state index is -0.515. The average molecular weight is 381 g/mol. The Bertz CT molecular complexity index is 991. The van der Waals surface area contributed by atoms with Gasteiger partial charge in [-0.3, -0.25) is 9.48 Å². The molecule has 0 bridgehead atoms. The number of hydrogen-bond donors (Lipinski definition) is 2. The van der Waals surface area contributed by atoms with Gasteiger partial charge in [0.05, 0.1) is 30.5 Å². The van der Waals surface area contributed by atoms with E-state index in [-0.39, 0.29) is 11.9 Å². The Balaban J connectivity index is 1.47. The second-order valence-electron chi connectivity index (χ2n) is 7.14. The number of nitrogens with zero attached hydrogens (tertiary/aromatic N) is 4. The lowest BCUT2D eigenvalue weighted by atomic mass is 10.0. The normalized spacial score (nSPS) is 16.8. The molecule has 0 aliphatic heterocycles. The number of fused-ring (bicyclic) bond motifs is 1. The van der Waals surface area contributed by atoms with Crippen LogP contribution >= 0.6 is 0 Å². The fourth-order valence-electron chi connectivity index (χ4n) is 3.52. The molecule has 2 N–H and O–H groups in total. The standard InChI is InChI=1S/C20H23N5O3/c1-3-18-23-19(24-28-18)14-4-6-16-13(8-14)5-7-17(16)22-20(27)15-9-21-25(11-15)10-12(2)26/h4,6,8-9,11-12,17,26H,3,5,7,10H2,1-2H3,(H,22,27)/t12?,17-/m1/s1. The van der Waals surface area contributed by atoms with Crippen LogP contribution in [0.25, 0.3) is 11.4 Å². The summed E-state index contributed by atoms with van der Waals surface area (Å²) in [5, 5.41) is 20.7. The highest BCUT2D eigenvalue weighted by molar-refractivity contribution is 5.94. The van der Waals surface area contributed by atoms with Crippen LogP contribution < -0.4 is 5.32 Å². The monoisotopic (exact) mass is 381 g/mol. The van der Waals surface area contributed by atoms with Crippen LogP contribution in [0.2, 0.25) is 0 Å². The van der Waals surface area contributed by atoms with Crippen LogP contribution in [0.15, 0.2) is 35.1 Å². The molecule has 8 nitrogen and oxygen atoms in total. The molecule has 2 aromatic heterocycles. The Labute approximate surface area is 162 Å². The average Bonchev–Trinajstić information content (AvgIpc) is 3.40. The van der Waals surface area contributed by atoms with Crippen molar-refractivity contribution in [1.29, 1.82) is 0 Å². The molecular weight excluding hydrogens is 358 g/mol. The van der Waals surface area contributed by atoms with Gasteiger partial charge in [0.1, 0.15) is 0 Å². The maximum Gasteiger partial charge on any atom is 0.254 e. The SMILES string of the molecule is CCc1nc(-c2ccc3c(c2)CC[C@H]3NC(=O)c2cnn(CC(C)O)c2)no1. The molecule has 1 aromatic carbocycles. The van der Waals surface area contributed by atoms with E-state index in [4.69, 9.17) is 4.52 Å². The van der Waals surface area contributed by atoms with Crippen molar-refractivity contribution in [3.8, 4) is 11.4 Å².